The molecular weight excluding hydrogens is 350 g/mol. The topological polar surface area (TPSA) is 53.3 Å². The summed E-state index contributed by atoms with van der Waals surface area (Å²) in [6, 6.07) is 0.851. The van der Waals surface area contributed by atoms with E-state index in [-0.39, 0.29) is 0 Å². The fraction of sp³-hybridized carbons (Fsp3) is 0.667. The summed E-state index contributed by atoms with van der Waals surface area (Å²) in [6.07, 6.45) is 11.9. The fourth-order valence-corrected chi connectivity index (χ4v) is 4.79. The highest BCUT2D eigenvalue weighted by Gasteiger charge is 2.29. The lowest BCUT2D eigenvalue weighted by Gasteiger charge is -2.43. The van der Waals surface area contributed by atoms with E-state index >= 15 is 0 Å². The van der Waals surface area contributed by atoms with E-state index < -0.39 is 0 Å². The Kier molecular flexibility index (Phi) is 5.03. The van der Waals surface area contributed by atoms with Gasteiger partial charge in [-0.3, -0.25) is 9.80 Å². The summed E-state index contributed by atoms with van der Waals surface area (Å²) >= 11 is 0. The molecule has 1 saturated carbocycles. The van der Waals surface area contributed by atoms with Crippen molar-refractivity contribution in [3.63, 3.8) is 0 Å². The van der Waals surface area contributed by atoms with Gasteiger partial charge in [0, 0.05) is 76.7 Å². The molecule has 0 bridgehead atoms. The minimum Gasteiger partial charge on any atom is -0.354 e. The lowest BCUT2D eigenvalue weighted by Crippen LogP contribution is -2.52. The van der Waals surface area contributed by atoms with Crippen molar-refractivity contribution in [2.24, 2.45) is 7.05 Å². The molecule has 0 atom stereocenters. The first-order valence-electron chi connectivity index (χ1n) is 10.8. The van der Waals surface area contributed by atoms with Crippen molar-refractivity contribution in [1.29, 1.82) is 0 Å². The van der Waals surface area contributed by atoms with E-state index in [4.69, 9.17) is 4.98 Å². The Morgan fingerprint density at radius 1 is 0.964 bits per heavy atom. The Morgan fingerprint density at radius 3 is 2.50 bits per heavy atom. The predicted octanol–water partition coefficient (Wildman–Crippen LogP) is 1.49. The van der Waals surface area contributed by atoms with Gasteiger partial charge in [-0.05, 0) is 19.3 Å². The number of anilines is 1. The van der Waals surface area contributed by atoms with Gasteiger partial charge in [-0.25, -0.2) is 15.0 Å². The van der Waals surface area contributed by atoms with Crippen LogP contribution in [0.1, 0.15) is 36.3 Å². The van der Waals surface area contributed by atoms with Crippen molar-refractivity contribution in [2.75, 3.05) is 44.2 Å². The van der Waals surface area contributed by atoms with Crippen LogP contribution in [0.4, 0.5) is 5.82 Å². The quantitative estimate of drug-likeness (QED) is 0.800. The van der Waals surface area contributed by atoms with Gasteiger partial charge >= 0.3 is 0 Å². The molecular formula is C21H31N7. The van der Waals surface area contributed by atoms with E-state index in [9.17, 15) is 0 Å². The van der Waals surface area contributed by atoms with E-state index in [0.29, 0.717) is 0 Å². The number of aromatic nitrogens is 4. The Balaban J connectivity index is 1.27. The molecule has 0 aromatic carbocycles. The lowest BCUT2D eigenvalue weighted by molar-refractivity contribution is 0.120. The first kappa shape index (κ1) is 18.1. The predicted molar refractivity (Wildman–Crippen MR) is 109 cm³/mol. The van der Waals surface area contributed by atoms with Gasteiger partial charge in [0.2, 0.25) is 0 Å². The molecule has 7 heteroatoms. The van der Waals surface area contributed by atoms with Crippen molar-refractivity contribution in [3.8, 4) is 0 Å². The number of rotatable bonds is 4. The monoisotopic (exact) mass is 381 g/mol. The number of hydrogen-bond acceptors (Lipinski definition) is 6. The van der Waals surface area contributed by atoms with E-state index in [0.717, 1.165) is 57.4 Å². The normalized spacial score (nSPS) is 22.0. The van der Waals surface area contributed by atoms with E-state index in [1.165, 1.54) is 49.4 Å². The zero-order chi connectivity index (χ0) is 18.9. The van der Waals surface area contributed by atoms with Gasteiger partial charge in [-0.2, -0.15) is 0 Å². The molecule has 3 aliphatic rings. The Bertz CT molecular complexity index is 805. The highest BCUT2D eigenvalue weighted by molar-refractivity contribution is 5.49. The second kappa shape index (κ2) is 7.79. The average Bonchev–Trinajstić information content (AvgIpc) is 2.96. The summed E-state index contributed by atoms with van der Waals surface area (Å²) < 4.78 is 2.12. The highest BCUT2D eigenvalue weighted by atomic mass is 15.3. The second-order valence-corrected chi connectivity index (χ2v) is 8.46. The van der Waals surface area contributed by atoms with Crippen LogP contribution < -0.4 is 4.90 Å². The van der Waals surface area contributed by atoms with Crippen molar-refractivity contribution in [3.05, 3.63) is 35.8 Å². The summed E-state index contributed by atoms with van der Waals surface area (Å²) in [5.74, 6) is 2.32. The third kappa shape index (κ3) is 3.53. The van der Waals surface area contributed by atoms with Crippen LogP contribution in [0.3, 0.4) is 0 Å². The van der Waals surface area contributed by atoms with Crippen LogP contribution in [-0.2, 0) is 26.4 Å². The van der Waals surface area contributed by atoms with Crippen molar-refractivity contribution >= 4 is 5.82 Å². The third-order valence-corrected chi connectivity index (χ3v) is 6.85. The maximum Gasteiger partial charge on any atom is 0.135 e. The molecule has 4 heterocycles. The maximum atomic E-state index is 4.74. The van der Waals surface area contributed by atoms with Crippen LogP contribution in [0.2, 0.25) is 0 Å². The zero-order valence-corrected chi connectivity index (χ0v) is 16.9. The molecule has 150 valence electrons. The largest absolute Gasteiger partial charge is 0.354 e. The van der Waals surface area contributed by atoms with E-state index in [1.54, 1.807) is 6.33 Å². The molecule has 2 aromatic heterocycles. The third-order valence-electron chi connectivity index (χ3n) is 6.85. The first-order chi connectivity index (χ1) is 13.8. The second-order valence-electron chi connectivity index (χ2n) is 8.46. The zero-order valence-electron chi connectivity index (χ0n) is 16.9. The Hall–Kier alpha value is -1.99. The molecule has 7 nitrogen and oxygen atoms in total. The molecule has 2 fully saturated rings. The number of imidazole rings is 1. The van der Waals surface area contributed by atoms with Gasteiger partial charge in [-0.1, -0.05) is 6.42 Å². The van der Waals surface area contributed by atoms with Crippen LogP contribution in [0.15, 0.2) is 18.7 Å². The molecule has 0 unspecified atom stereocenters. The van der Waals surface area contributed by atoms with E-state index in [1.807, 2.05) is 12.4 Å². The van der Waals surface area contributed by atoms with Crippen LogP contribution in [0.5, 0.6) is 0 Å². The standard InChI is InChI=1S/C21H31N7/c1-25-10-7-22-20(25)15-26-8-5-18-19(6-9-26)23-16-24-21(18)28-13-11-27(12-14-28)17-3-2-4-17/h7,10,16-17H,2-6,8-9,11-15H2,1H3. The lowest BCUT2D eigenvalue weighted by atomic mass is 9.91. The van der Waals surface area contributed by atoms with Gasteiger partial charge in [-0.15, -0.1) is 0 Å². The summed E-state index contributed by atoms with van der Waals surface area (Å²) in [4.78, 5) is 21.6. The molecule has 2 aliphatic heterocycles. The summed E-state index contributed by atoms with van der Waals surface area (Å²) in [7, 11) is 2.07. The molecule has 2 aromatic rings. The number of hydrogen-bond donors (Lipinski definition) is 0. The van der Waals surface area contributed by atoms with Crippen LogP contribution in [0, 0.1) is 0 Å². The number of aryl methyl sites for hydroxylation is 1. The van der Waals surface area contributed by atoms with Crippen LogP contribution in [0.25, 0.3) is 0 Å². The summed E-state index contributed by atoms with van der Waals surface area (Å²) in [5.41, 5.74) is 2.62. The number of fused-ring (bicyclic) bond motifs is 1. The molecule has 1 aliphatic carbocycles. The van der Waals surface area contributed by atoms with Crippen molar-refractivity contribution in [2.45, 2.75) is 44.7 Å². The molecule has 0 radical (unpaired) electrons. The molecule has 5 rings (SSSR count). The smallest absolute Gasteiger partial charge is 0.135 e. The van der Waals surface area contributed by atoms with Crippen molar-refractivity contribution < 1.29 is 0 Å². The van der Waals surface area contributed by atoms with Crippen LogP contribution >= 0.6 is 0 Å². The van der Waals surface area contributed by atoms with Crippen LogP contribution in [-0.4, -0.2) is 74.6 Å². The van der Waals surface area contributed by atoms with Gasteiger partial charge in [0.1, 0.15) is 18.0 Å². The molecule has 0 N–H and O–H groups in total. The molecule has 0 spiro atoms. The average molecular weight is 382 g/mol. The SMILES string of the molecule is Cn1ccnc1CN1CCc2ncnc(N3CCN(C4CCC4)CC3)c2CC1. The molecule has 1 saturated heterocycles. The van der Waals surface area contributed by atoms with Gasteiger partial charge < -0.3 is 9.47 Å². The molecule has 0 amide bonds. The van der Waals surface area contributed by atoms with Crippen molar-refractivity contribution in [1.82, 2.24) is 29.3 Å². The summed E-state index contributed by atoms with van der Waals surface area (Å²) in [6.45, 7) is 7.52. The van der Waals surface area contributed by atoms with Gasteiger partial charge in [0.15, 0.2) is 0 Å². The van der Waals surface area contributed by atoms with Gasteiger partial charge in [0.25, 0.3) is 0 Å². The number of nitrogens with zero attached hydrogens (tertiary/aromatic N) is 7. The minimum atomic E-state index is 0.851. The summed E-state index contributed by atoms with van der Waals surface area (Å²) in [5, 5.41) is 0. The highest BCUT2D eigenvalue weighted by Crippen LogP contribution is 2.28. The maximum absolute atomic E-state index is 4.74. The Morgan fingerprint density at radius 2 is 1.79 bits per heavy atom. The Labute approximate surface area is 167 Å². The van der Waals surface area contributed by atoms with Gasteiger partial charge in [0.05, 0.1) is 12.2 Å². The van der Waals surface area contributed by atoms with E-state index in [2.05, 4.69) is 36.3 Å². The minimum absolute atomic E-state index is 0.851. The fourth-order valence-electron chi connectivity index (χ4n) is 4.79. The number of piperazine rings is 1. The first-order valence-corrected chi connectivity index (χ1v) is 10.8. The molecule has 28 heavy (non-hydrogen) atoms.